The molecule has 0 aliphatic carbocycles. The average Bonchev–Trinajstić information content (AvgIpc) is 2.78. The van der Waals surface area contributed by atoms with Crippen LogP contribution in [-0.4, -0.2) is 55.6 Å². The van der Waals surface area contributed by atoms with Gasteiger partial charge >= 0.3 is 0 Å². The highest BCUT2D eigenvalue weighted by Gasteiger charge is 2.30. The molecule has 0 aliphatic heterocycles. The zero-order valence-corrected chi connectivity index (χ0v) is 21.0. The molecular weight excluding hydrogens is 438 g/mol. The minimum atomic E-state index is -3.84. The highest BCUT2D eigenvalue weighted by atomic mass is 32.2. The summed E-state index contributed by atoms with van der Waals surface area (Å²) >= 11 is 0. The van der Waals surface area contributed by atoms with E-state index in [4.69, 9.17) is 0 Å². The molecule has 0 radical (unpaired) electrons. The van der Waals surface area contributed by atoms with Gasteiger partial charge in [-0.05, 0) is 50.5 Å². The lowest BCUT2D eigenvalue weighted by atomic mass is 10.1. The van der Waals surface area contributed by atoms with Gasteiger partial charge in [0.2, 0.25) is 21.8 Å². The van der Waals surface area contributed by atoms with Gasteiger partial charge in [0.05, 0.1) is 11.4 Å². The molecular formula is C25H35N3O4S. The molecule has 0 saturated carbocycles. The summed E-state index contributed by atoms with van der Waals surface area (Å²) in [6.45, 7) is 7.91. The molecule has 0 heterocycles. The molecule has 2 aromatic rings. The Bertz CT molecular complexity index is 1050. The molecule has 0 fully saturated rings. The van der Waals surface area contributed by atoms with Crippen molar-refractivity contribution in [2.24, 2.45) is 0 Å². The van der Waals surface area contributed by atoms with E-state index in [1.54, 1.807) is 19.1 Å². The fourth-order valence-corrected chi connectivity index (χ4v) is 4.47. The second-order valence-electron chi connectivity index (χ2n) is 8.34. The zero-order valence-electron chi connectivity index (χ0n) is 20.2. The number of nitrogens with one attached hydrogen (secondary N) is 1. The molecule has 2 aromatic carbocycles. The first-order chi connectivity index (χ1) is 15.6. The summed E-state index contributed by atoms with van der Waals surface area (Å²) in [5.74, 6) is -0.691. The van der Waals surface area contributed by atoms with E-state index < -0.39 is 22.0 Å². The van der Waals surface area contributed by atoms with Crippen LogP contribution in [0.15, 0.2) is 53.4 Å². The first-order valence-corrected chi connectivity index (χ1v) is 12.7. The average molecular weight is 474 g/mol. The fraction of sp³-hybridized carbons (Fsp3) is 0.440. The lowest BCUT2D eigenvalue weighted by Crippen LogP contribution is -2.50. The highest BCUT2D eigenvalue weighted by Crippen LogP contribution is 2.17. The smallest absolute Gasteiger partial charge is 0.243 e. The van der Waals surface area contributed by atoms with Crippen LogP contribution in [0.3, 0.4) is 0 Å². The minimum absolute atomic E-state index is 0.124. The second kappa shape index (κ2) is 12.0. The van der Waals surface area contributed by atoms with Crippen LogP contribution in [0.2, 0.25) is 0 Å². The number of sulfonamides is 1. The normalized spacial score (nSPS) is 12.4. The number of rotatable bonds is 11. The van der Waals surface area contributed by atoms with Crippen LogP contribution in [0.25, 0.3) is 0 Å². The number of benzene rings is 2. The topological polar surface area (TPSA) is 86.8 Å². The van der Waals surface area contributed by atoms with Crippen molar-refractivity contribution in [1.82, 2.24) is 14.5 Å². The van der Waals surface area contributed by atoms with Gasteiger partial charge in [-0.1, -0.05) is 55.3 Å². The van der Waals surface area contributed by atoms with Crippen molar-refractivity contribution in [3.8, 4) is 0 Å². The maximum absolute atomic E-state index is 13.3. The van der Waals surface area contributed by atoms with Crippen molar-refractivity contribution in [3.63, 3.8) is 0 Å². The first kappa shape index (κ1) is 26.5. The summed E-state index contributed by atoms with van der Waals surface area (Å²) in [6.07, 6.45) is 1.80. The Kier molecular flexibility index (Phi) is 9.61. The Morgan fingerprint density at radius 2 is 1.67 bits per heavy atom. The highest BCUT2D eigenvalue weighted by molar-refractivity contribution is 7.89. The van der Waals surface area contributed by atoms with E-state index in [-0.39, 0.29) is 23.9 Å². The largest absolute Gasteiger partial charge is 0.354 e. The summed E-state index contributed by atoms with van der Waals surface area (Å²) in [5.41, 5.74) is 2.85. The number of unbranched alkanes of at least 4 members (excludes halogenated alkanes) is 1. The number of amides is 2. The SMILES string of the molecule is CCCCNC(=O)[C@@H](C)N(Cc1ccccc1C)C(=O)CN(C)S(=O)(=O)c1ccc(C)cc1. The van der Waals surface area contributed by atoms with E-state index in [2.05, 4.69) is 5.32 Å². The van der Waals surface area contributed by atoms with Crippen molar-refractivity contribution in [1.29, 1.82) is 0 Å². The monoisotopic (exact) mass is 473 g/mol. The predicted octanol–water partition coefficient (Wildman–Crippen LogP) is 3.26. The number of nitrogens with zero attached hydrogens (tertiary/aromatic N) is 2. The van der Waals surface area contributed by atoms with Gasteiger partial charge in [-0.25, -0.2) is 8.42 Å². The number of hydrogen-bond acceptors (Lipinski definition) is 4. The standard InChI is InChI=1S/C25H35N3O4S/c1-6-7-16-26-25(30)21(4)28(17-22-11-9-8-10-20(22)3)24(29)18-27(5)33(31,32)23-14-12-19(2)13-15-23/h8-15,21H,6-7,16-18H2,1-5H3,(H,26,30)/t21-/m1/s1. The summed E-state index contributed by atoms with van der Waals surface area (Å²) in [5, 5.41) is 2.87. The molecule has 0 unspecified atom stereocenters. The predicted molar refractivity (Wildman–Crippen MR) is 130 cm³/mol. The van der Waals surface area contributed by atoms with E-state index >= 15 is 0 Å². The number of hydrogen-bond donors (Lipinski definition) is 1. The molecule has 2 amide bonds. The summed E-state index contributed by atoms with van der Waals surface area (Å²) in [6, 6.07) is 13.4. The van der Waals surface area contributed by atoms with Crippen LogP contribution in [-0.2, 0) is 26.2 Å². The van der Waals surface area contributed by atoms with Gasteiger partial charge in [0, 0.05) is 20.1 Å². The molecule has 0 bridgehead atoms. The van der Waals surface area contributed by atoms with E-state index in [0.29, 0.717) is 6.54 Å². The van der Waals surface area contributed by atoms with Crippen LogP contribution < -0.4 is 5.32 Å². The third-order valence-corrected chi connectivity index (χ3v) is 7.50. The van der Waals surface area contributed by atoms with Gasteiger partial charge in [-0.15, -0.1) is 0 Å². The molecule has 0 saturated heterocycles. The Hall–Kier alpha value is -2.71. The summed E-state index contributed by atoms with van der Waals surface area (Å²) < 4.78 is 27.0. The molecule has 33 heavy (non-hydrogen) atoms. The maximum Gasteiger partial charge on any atom is 0.243 e. The van der Waals surface area contributed by atoms with E-state index in [9.17, 15) is 18.0 Å². The summed E-state index contributed by atoms with van der Waals surface area (Å²) in [7, 11) is -2.46. The third-order valence-electron chi connectivity index (χ3n) is 5.69. The van der Waals surface area contributed by atoms with Crippen molar-refractivity contribution in [3.05, 3.63) is 65.2 Å². The van der Waals surface area contributed by atoms with Crippen LogP contribution in [0.4, 0.5) is 0 Å². The van der Waals surface area contributed by atoms with Crippen molar-refractivity contribution < 1.29 is 18.0 Å². The molecule has 1 N–H and O–H groups in total. The Balaban J connectivity index is 2.25. The van der Waals surface area contributed by atoms with Crippen LogP contribution in [0.5, 0.6) is 0 Å². The van der Waals surface area contributed by atoms with Gasteiger partial charge in [0.25, 0.3) is 0 Å². The number of aryl methyl sites for hydroxylation is 2. The van der Waals surface area contributed by atoms with Gasteiger partial charge in [-0.3, -0.25) is 9.59 Å². The molecule has 0 aliphatic rings. The minimum Gasteiger partial charge on any atom is -0.354 e. The van der Waals surface area contributed by atoms with Gasteiger partial charge in [0.15, 0.2) is 0 Å². The van der Waals surface area contributed by atoms with Crippen LogP contribution >= 0.6 is 0 Å². The Morgan fingerprint density at radius 3 is 2.27 bits per heavy atom. The molecule has 0 spiro atoms. The summed E-state index contributed by atoms with van der Waals surface area (Å²) in [4.78, 5) is 27.6. The molecule has 7 nitrogen and oxygen atoms in total. The number of carbonyl (C=O) groups excluding carboxylic acids is 2. The Labute approximate surface area is 197 Å². The number of carbonyl (C=O) groups is 2. The molecule has 8 heteroatoms. The molecule has 1 atom stereocenters. The molecule has 2 rings (SSSR count). The molecule has 180 valence electrons. The van der Waals surface area contributed by atoms with Crippen LogP contribution in [0.1, 0.15) is 43.4 Å². The third kappa shape index (κ3) is 7.14. The van der Waals surface area contributed by atoms with E-state index in [1.807, 2.05) is 45.0 Å². The van der Waals surface area contributed by atoms with Crippen molar-refractivity contribution >= 4 is 21.8 Å². The first-order valence-electron chi connectivity index (χ1n) is 11.2. The van der Waals surface area contributed by atoms with Gasteiger partial charge in [0.1, 0.15) is 6.04 Å². The lowest BCUT2D eigenvalue weighted by molar-refractivity contribution is -0.140. The second-order valence-corrected chi connectivity index (χ2v) is 10.4. The zero-order chi connectivity index (χ0) is 24.6. The lowest BCUT2D eigenvalue weighted by Gasteiger charge is -2.30. The fourth-order valence-electron chi connectivity index (χ4n) is 3.35. The van der Waals surface area contributed by atoms with Gasteiger partial charge < -0.3 is 10.2 Å². The maximum atomic E-state index is 13.3. The Morgan fingerprint density at radius 1 is 1.03 bits per heavy atom. The van der Waals surface area contributed by atoms with Gasteiger partial charge in [-0.2, -0.15) is 4.31 Å². The molecule has 0 aromatic heterocycles. The van der Waals surface area contributed by atoms with Crippen molar-refractivity contribution in [2.45, 2.75) is 58.0 Å². The van der Waals surface area contributed by atoms with E-state index in [1.165, 1.54) is 24.1 Å². The van der Waals surface area contributed by atoms with E-state index in [0.717, 1.165) is 33.8 Å². The van der Waals surface area contributed by atoms with Crippen LogP contribution in [0, 0.1) is 13.8 Å². The van der Waals surface area contributed by atoms with Crippen molar-refractivity contribution in [2.75, 3.05) is 20.1 Å². The quantitative estimate of drug-likeness (QED) is 0.508. The number of likely N-dealkylation sites (N-methyl/N-ethyl adjacent to an activating group) is 1.